The molecule has 1 N–H and O–H groups in total. The zero-order chi connectivity index (χ0) is 20.9. The number of hydrogen-bond acceptors (Lipinski definition) is 4. The highest BCUT2D eigenvalue weighted by molar-refractivity contribution is 5.78. The van der Waals surface area contributed by atoms with Crippen molar-refractivity contribution < 1.29 is 13.9 Å². The van der Waals surface area contributed by atoms with E-state index in [1.807, 2.05) is 24.3 Å². The molecule has 1 aliphatic carbocycles. The summed E-state index contributed by atoms with van der Waals surface area (Å²) in [6, 6.07) is 14.7. The third kappa shape index (κ3) is 5.30. The lowest BCUT2D eigenvalue weighted by Crippen LogP contribution is -2.41. The number of amides is 1. The third-order valence-corrected chi connectivity index (χ3v) is 6.03. The van der Waals surface area contributed by atoms with Crippen LogP contribution in [0.15, 0.2) is 48.5 Å². The van der Waals surface area contributed by atoms with Crippen molar-refractivity contribution in [3.8, 4) is 5.75 Å². The molecule has 2 aromatic rings. The van der Waals surface area contributed by atoms with Gasteiger partial charge >= 0.3 is 0 Å². The van der Waals surface area contributed by atoms with Gasteiger partial charge in [0.2, 0.25) is 5.91 Å². The van der Waals surface area contributed by atoms with Gasteiger partial charge in [-0.15, -0.1) is 0 Å². The predicted octanol–water partition coefficient (Wildman–Crippen LogP) is 3.61. The first-order valence-corrected chi connectivity index (χ1v) is 10.8. The van der Waals surface area contributed by atoms with E-state index < -0.39 is 0 Å². The molecule has 1 saturated heterocycles. The summed E-state index contributed by atoms with van der Waals surface area (Å²) in [4.78, 5) is 17.3. The Kier molecular flexibility index (Phi) is 6.53. The van der Waals surface area contributed by atoms with Gasteiger partial charge in [0.15, 0.2) is 0 Å². The highest BCUT2D eigenvalue weighted by atomic mass is 19.1. The lowest BCUT2D eigenvalue weighted by Gasteiger charge is -2.24. The Bertz CT molecular complexity index is 837. The normalized spacial score (nSPS) is 18.5. The van der Waals surface area contributed by atoms with Crippen LogP contribution < -0.4 is 15.0 Å². The third-order valence-electron chi connectivity index (χ3n) is 6.03. The summed E-state index contributed by atoms with van der Waals surface area (Å²) < 4.78 is 18.4. The molecule has 2 aliphatic rings. The molecule has 4 rings (SSSR count). The molecule has 1 aliphatic heterocycles. The Labute approximate surface area is 177 Å². The molecule has 160 valence electrons. The van der Waals surface area contributed by atoms with Crippen molar-refractivity contribution in [2.24, 2.45) is 5.92 Å². The van der Waals surface area contributed by atoms with E-state index in [9.17, 15) is 9.18 Å². The van der Waals surface area contributed by atoms with E-state index in [2.05, 4.69) is 27.2 Å². The van der Waals surface area contributed by atoms with Crippen molar-refractivity contribution in [1.82, 2.24) is 10.2 Å². The van der Waals surface area contributed by atoms with Gasteiger partial charge in [0, 0.05) is 31.9 Å². The lowest BCUT2D eigenvalue weighted by atomic mass is 10.0. The Morgan fingerprint density at radius 2 is 1.80 bits per heavy atom. The number of carbonyl (C=O) groups excluding carboxylic acids is 1. The second kappa shape index (κ2) is 9.47. The molecule has 1 unspecified atom stereocenters. The minimum Gasteiger partial charge on any atom is -0.497 e. The summed E-state index contributed by atoms with van der Waals surface area (Å²) >= 11 is 0. The number of rotatable bonds is 7. The molecule has 5 nitrogen and oxygen atoms in total. The minimum absolute atomic E-state index is 0.0751. The molecule has 1 amide bonds. The van der Waals surface area contributed by atoms with Crippen molar-refractivity contribution in [3.05, 3.63) is 59.9 Å². The van der Waals surface area contributed by atoms with E-state index in [0.717, 1.165) is 62.4 Å². The van der Waals surface area contributed by atoms with Gasteiger partial charge in [0.25, 0.3) is 0 Å². The molecular weight excluding hydrogens is 381 g/mol. The average Bonchev–Trinajstić information content (AvgIpc) is 3.61. The molecule has 0 aromatic heterocycles. The molecule has 0 bridgehead atoms. The van der Waals surface area contributed by atoms with Gasteiger partial charge in [-0.25, -0.2) is 4.39 Å². The summed E-state index contributed by atoms with van der Waals surface area (Å²) in [5, 5.41) is 3.27. The topological polar surface area (TPSA) is 44.8 Å². The summed E-state index contributed by atoms with van der Waals surface area (Å²) in [6.45, 7) is 3.88. The summed E-state index contributed by atoms with van der Waals surface area (Å²) in [5.74, 6) is 1.22. The summed E-state index contributed by atoms with van der Waals surface area (Å²) in [6.07, 6.45) is 3.30. The number of nitrogens with one attached hydrogen (secondary N) is 1. The molecule has 1 atom stereocenters. The standard InChI is InChI=1S/C24H30FN3O2/c1-30-22-11-5-19(6-12-22)24(18-3-4-18)26-23(29)17-27-13-2-14-28(16-15-27)21-9-7-20(25)8-10-21/h5-12,18,24H,2-4,13-17H2,1H3,(H,26,29). The van der Waals surface area contributed by atoms with E-state index in [1.54, 1.807) is 7.11 Å². The van der Waals surface area contributed by atoms with E-state index in [-0.39, 0.29) is 17.8 Å². The van der Waals surface area contributed by atoms with Gasteiger partial charge in [0.1, 0.15) is 11.6 Å². The first-order chi connectivity index (χ1) is 14.6. The molecular formula is C24H30FN3O2. The maximum absolute atomic E-state index is 13.2. The van der Waals surface area contributed by atoms with Gasteiger partial charge in [-0.05, 0) is 67.1 Å². The molecule has 2 aromatic carbocycles. The number of ether oxygens (including phenoxy) is 1. The maximum atomic E-state index is 13.2. The second-order valence-electron chi connectivity index (χ2n) is 8.25. The van der Waals surface area contributed by atoms with Crippen LogP contribution in [-0.4, -0.2) is 50.6 Å². The monoisotopic (exact) mass is 411 g/mol. The number of benzene rings is 2. The van der Waals surface area contributed by atoms with Gasteiger partial charge in [-0.1, -0.05) is 12.1 Å². The maximum Gasteiger partial charge on any atom is 0.234 e. The number of carbonyl (C=O) groups is 1. The molecule has 1 saturated carbocycles. The Hall–Kier alpha value is -2.60. The highest BCUT2D eigenvalue weighted by Gasteiger charge is 2.33. The first kappa shape index (κ1) is 20.7. The fourth-order valence-electron chi connectivity index (χ4n) is 4.18. The van der Waals surface area contributed by atoms with E-state index in [1.165, 1.54) is 12.1 Å². The number of halogens is 1. The van der Waals surface area contributed by atoms with Gasteiger partial charge in [0.05, 0.1) is 19.7 Å². The van der Waals surface area contributed by atoms with Crippen LogP contribution in [-0.2, 0) is 4.79 Å². The van der Waals surface area contributed by atoms with Crippen LogP contribution in [0.4, 0.5) is 10.1 Å². The van der Waals surface area contributed by atoms with Crippen LogP contribution in [0, 0.1) is 11.7 Å². The zero-order valence-electron chi connectivity index (χ0n) is 17.5. The van der Waals surface area contributed by atoms with Gasteiger partial charge < -0.3 is 15.0 Å². The van der Waals surface area contributed by atoms with Gasteiger partial charge in [-0.3, -0.25) is 9.69 Å². The SMILES string of the molecule is COc1ccc(C(NC(=O)CN2CCCN(c3ccc(F)cc3)CC2)C2CC2)cc1. The number of anilines is 1. The van der Waals surface area contributed by atoms with Crippen molar-refractivity contribution in [2.75, 3.05) is 44.7 Å². The van der Waals surface area contributed by atoms with Crippen molar-refractivity contribution in [1.29, 1.82) is 0 Å². The van der Waals surface area contributed by atoms with E-state index in [0.29, 0.717) is 12.5 Å². The Balaban J connectivity index is 1.32. The Morgan fingerprint density at radius 1 is 1.07 bits per heavy atom. The molecule has 0 radical (unpaired) electrons. The van der Waals surface area contributed by atoms with Crippen LogP contribution in [0.2, 0.25) is 0 Å². The molecule has 0 spiro atoms. The smallest absolute Gasteiger partial charge is 0.234 e. The van der Waals surface area contributed by atoms with Crippen LogP contribution in [0.3, 0.4) is 0 Å². The quantitative estimate of drug-likeness (QED) is 0.756. The molecule has 30 heavy (non-hydrogen) atoms. The predicted molar refractivity (Wildman–Crippen MR) is 116 cm³/mol. The zero-order valence-corrected chi connectivity index (χ0v) is 17.5. The van der Waals surface area contributed by atoms with E-state index in [4.69, 9.17) is 4.74 Å². The van der Waals surface area contributed by atoms with Crippen molar-refractivity contribution >= 4 is 11.6 Å². The van der Waals surface area contributed by atoms with Crippen LogP contribution in [0.25, 0.3) is 0 Å². The fourth-order valence-corrected chi connectivity index (χ4v) is 4.18. The highest BCUT2D eigenvalue weighted by Crippen LogP contribution is 2.41. The second-order valence-corrected chi connectivity index (χ2v) is 8.25. The first-order valence-electron chi connectivity index (χ1n) is 10.8. The largest absolute Gasteiger partial charge is 0.497 e. The summed E-state index contributed by atoms with van der Waals surface area (Å²) in [7, 11) is 1.66. The minimum atomic E-state index is -0.214. The summed E-state index contributed by atoms with van der Waals surface area (Å²) in [5.41, 5.74) is 2.18. The Morgan fingerprint density at radius 3 is 2.47 bits per heavy atom. The van der Waals surface area contributed by atoms with Crippen LogP contribution in [0.5, 0.6) is 5.75 Å². The average molecular weight is 412 g/mol. The van der Waals surface area contributed by atoms with Crippen LogP contribution >= 0.6 is 0 Å². The van der Waals surface area contributed by atoms with Crippen molar-refractivity contribution in [2.45, 2.75) is 25.3 Å². The van der Waals surface area contributed by atoms with Crippen molar-refractivity contribution in [3.63, 3.8) is 0 Å². The number of methoxy groups -OCH3 is 1. The number of hydrogen-bond donors (Lipinski definition) is 1. The lowest BCUT2D eigenvalue weighted by molar-refractivity contribution is -0.123. The molecule has 6 heteroatoms. The molecule has 2 fully saturated rings. The van der Waals surface area contributed by atoms with E-state index >= 15 is 0 Å². The fraction of sp³-hybridized carbons (Fsp3) is 0.458. The van der Waals surface area contributed by atoms with Crippen LogP contribution in [0.1, 0.15) is 30.9 Å². The molecule has 1 heterocycles. The van der Waals surface area contributed by atoms with Gasteiger partial charge in [-0.2, -0.15) is 0 Å². The number of nitrogens with zero attached hydrogens (tertiary/aromatic N) is 2.